The third-order valence-electron chi connectivity index (χ3n) is 3.22. The van der Waals surface area contributed by atoms with Crippen LogP contribution in [-0.2, 0) is 16.1 Å². The summed E-state index contributed by atoms with van der Waals surface area (Å²) in [5.41, 5.74) is 0.179. The number of benzene rings is 1. The zero-order valence-corrected chi connectivity index (χ0v) is 12.0. The molecule has 1 aromatic carbocycles. The fraction of sp³-hybridized carbons (Fsp3) is 0.385. The lowest BCUT2D eigenvalue weighted by atomic mass is 9.97. The average Bonchev–Trinajstić information content (AvgIpc) is 2.32. The van der Waals surface area contributed by atoms with Crippen LogP contribution in [0.1, 0.15) is 19.4 Å². The lowest BCUT2D eigenvalue weighted by molar-refractivity contribution is -0.152. The van der Waals surface area contributed by atoms with Crippen molar-refractivity contribution in [2.75, 3.05) is 6.54 Å². The van der Waals surface area contributed by atoms with Crippen molar-refractivity contribution in [1.82, 2.24) is 10.2 Å². The largest absolute Gasteiger partial charge is 0.345 e. The van der Waals surface area contributed by atoms with Gasteiger partial charge in [-0.25, -0.2) is 0 Å². The van der Waals surface area contributed by atoms with Gasteiger partial charge in [0.1, 0.15) is 5.54 Å². The molecule has 0 aromatic heterocycles. The van der Waals surface area contributed by atoms with Crippen LogP contribution in [0.5, 0.6) is 0 Å². The van der Waals surface area contributed by atoms with Gasteiger partial charge in [0.2, 0.25) is 11.8 Å². The number of hydrogen-bond acceptors (Lipinski definition) is 2. The Morgan fingerprint density at radius 1 is 1.33 bits per heavy atom. The van der Waals surface area contributed by atoms with Crippen LogP contribution in [0.15, 0.2) is 28.7 Å². The van der Waals surface area contributed by atoms with E-state index in [1.807, 2.05) is 24.3 Å². The Bertz CT molecular complexity index is 500. The van der Waals surface area contributed by atoms with Crippen molar-refractivity contribution >= 4 is 27.7 Å². The van der Waals surface area contributed by atoms with Crippen molar-refractivity contribution in [2.45, 2.75) is 25.9 Å². The van der Waals surface area contributed by atoms with Gasteiger partial charge in [-0.3, -0.25) is 9.59 Å². The van der Waals surface area contributed by atoms with E-state index in [0.717, 1.165) is 10.0 Å². The fourth-order valence-electron chi connectivity index (χ4n) is 1.98. The molecule has 1 N–H and O–H groups in total. The Balaban J connectivity index is 2.29. The maximum Gasteiger partial charge on any atom is 0.245 e. The number of halogens is 1. The van der Waals surface area contributed by atoms with Gasteiger partial charge < -0.3 is 10.2 Å². The minimum atomic E-state index is -0.815. The standard InChI is InChI=1S/C13H15BrN2O2/c1-13(2)12(18)15-7-11(17)16(13)8-9-5-3-4-6-10(9)14/h3-6H,7-8H2,1-2H3,(H,15,18). The molecular weight excluding hydrogens is 296 g/mol. The van der Waals surface area contributed by atoms with E-state index in [1.165, 1.54) is 0 Å². The molecule has 0 aliphatic carbocycles. The Morgan fingerprint density at radius 2 is 2.00 bits per heavy atom. The summed E-state index contributed by atoms with van der Waals surface area (Å²) in [6.07, 6.45) is 0. The highest BCUT2D eigenvalue weighted by atomic mass is 79.9. The summed E-state index contributed by atoms with van der Waals surface area (Å²) in [5.74, 6) is -0.176. The summed E-state index contributed by atoms with van der Waals surface area (Å²) in [4.78, 5) is 25.4. The Labute approximate surface area is 114 Å². The van der Waals surface area contributed by atoms with Crippen molar-refractivity contribution in [3.63, 3.8) is 0 Å². The van der Waals surface area contributed by atoms with Crippen molar-refractivity contribution in [2.24, 2.45) is 0 Å². The number of nitrogens with zero attached hydrogens (tertiary/aromatic N) is 1. The molecular formula is C13H15BrN2O2. The molecule has 1 heterocycles. The highest BCUT2D eigenvalue weighted by molar-refractivity contribution is 9.10. The maximum absolute atomic E-state index is 12.0. The Morgan fingerprint density at radius 3 is 2.67 bits per heavy atom. The first-order valence-corrected chi connectivity index (χ1v) is 6.54. The summed E-state index contributed by atoms with van der Waals surface area (Å²) in [6.45, 7) is 4.03. The molecule has 0 radical (unpaired) electrons. The van der Waals surface area contributed by atoms with Gasteiger partial charge in [0, 0.05) is 11.0 Å². The van der Waals surface area contributed by atoms with E-state index in [1.54, 1.807) is 18.7 Å². The van der Waals surface area contributed by atoms with E-state index in [-0.39, 0.29) is 18.4 Å². The molecule has 1 aromatic rings. The minimum Gasteiger partial charge on any atom is -0.345 e. The maximum atomic E-state index is 12.0. The fourth-order valence-corrected chi connectivity index (χ4v) is 2.39. The first kappa shape index (κ1) is 13.1. The second-order valence-electron chi connectivity index (χ2n) is 4.81. The zero-order chi connectivity index (χ0) is 13.3. The van der Waals surface area contributed by atoms with Crippen LogP contribution in [-0.4, -0.2) is 28.8 Å². The number of carbonyl (C=O) groups excluding carboxylic acids is 2. The molecule has 2 rings (SSSR count). The van der Waals surface area contributed by atoms with Crippen LogP contribution in [0, 0.1) is 0 Å². The number of rotatable bonds is 2. The van der Waals surface area contributed by atoms with Crippen LogP contribution < -0.4 is 5.32 Å². The molecule has 0 atom stereocenters. The zero-order valence-electron chi connectivity index (χ0n) is 10.4. The molecule has 0 saturated carbocycles. The predicted octanol–water partition coefficient (Wildman–Crippen LogP) is 1.69. The summed E-state index contributed by atoms with van der Waals surface area (Å²) in [5, 5.41) is 2.61. The SMILES string of the molecule is CC1(C)C(=O)NCC(=O)N1Cc1ccccc1Br. The van der Waals surface area contributed by atoms with E-state index in [9.17, 15) is 9.59 Å². The van der Waals surface area contributed by atoms with Gasteiger partial charge in [-0.15, -0.1) is 0 Å². The monoisotopic (exact) mass is 310 g/mol. The molecule has 18 heavy (non-hydrogen) atoms. The Kier molecular flexibility index (Phi) is 3.43. The van der Waals surface area contributed by atoms with Crippen LogP contribution >= 0.6 is 15.9 Å². The minimum absolute atomic E-state index is 0.0599. The van der Waals surface area contributed by atoms with Crippen molar-refractivity contribution in [1.29, 1.82) is 0 Å². The Hall–Kier alpha value is -1.36. The number of amides is 2. The highest BCUT2D eigenvalue weighted by Gasteiger charge is 2.41. The van der Waals surface area contributed by atoms with E-state index in [2.05, 4.69) is 21.2 Å². The van der Waals surface area contributed by atoms with Crippen molar-refractivity contribution in [3.8, 4) is 0 Å². The lowest BCUT2D eigenvalue weighted by Crippen LogP contribution is -2.63. The third kappa shape index (κ3) is 2.27. The lowest BCUT2D eigenvalue weighted by Gasteiger charge is -2.41. The van der Waals surface area contributed by atoms with E-state index in [0.29, 0.717) is 6.54 Å². The molecule has 1 aliphatic rings. The van der Waals surface area contributed by atoms with Crippen LogP contribution in [0.25, 0.3) is 0 Å². The first-order chi connectivity index (χ1) is 8.43. The van der Waals surface area contributed by atoms with Crippen LogP contribution in [0.3, 0.4) is 0 Å². The smallest absolute Gasteiger partial charge is 0.245 e. The molecule has 4 nitrogen and oxygen atoms in total. The van der Waals surface area contributed by atoms with Gasteiger partial charge in [0.15, 0.2) is 0 Å². The number of hydrogen-bond donors (Lipinski definition) is 1. The molecule has 0 unspecified atom stereocenters. The normalized spacial score (nSPS) is 18.7. The average molecular weight is 311 g/mol. The van der Waals surface area contributed by atoms with Crippen LogP contribution in [0.4, 0.5) is 0 Å². The second kappa shape index (κ2) is 4.72. The summed E-state index contributed by atoms with van der Waals surface area (Å²) in [7, 11) is 0. The molecule has 0 bridgehead atoms. The predicted molar refractivity (Wildman–Crippen MR) is 71.8 cm³/mol. The van der Waals surface area contributed by atoms with E-state index < -0.39 is 5.54 Å². The molecule has 1 fully saturated rings. The van der Waals surface area contributed by atoms with Crippen molar-refractivity contribution in [3.05, 3.63) is 34.3 Å². The molecule has 96 valence electrons. The number of piperazine rings is 1. The number of carbonyl (C=O) groups is 2. The second-order valence-corrected chi connectivity index (χ2v) is 5.67. The highest BCUT2D eigenvalue weighted by Crippen LogP contribution is 2.24. The molecule has 1 aliphatic heterocycles. The summed E-state index contributed by atoms with van der Waals surface area (Å²) >= 11 is 3.46. The molecule has 0 spiro atoms. The van der Waals surface area contributed by atoms with Gasteiger partial charge >= 0.3 is 0 Å². The topological polar surface area (TPSA) is 49.4 Å². The van der Waals surface area contributed by atoms with E-state index in [4.69, 9.17) is 0 Å². The first-order valence-electron chi connectivity index (χ1n) is 5.75. The van der Waals surface area contributed by atoms with Crippen LogP contribution in [0.2, 0.25) is 0 Å². The van der Waals surface area contributed by atoms with Gasteiger partial charge in [0.25, 0.3) is 0 Å². The summed E-state index contributed by atoms with van der Waals surface area (Å²) < 4.78 is 0.944. The summed E-state index contributed by atoms with van der Waals surface area (Å²) in [6, 6.07) is 7.71. The third-order valence-corrected chi connectivity index (χ3v) is 3.99. The van der Waals surface area contributed by atoms with Gasteiger partial charge in [-0.1, -0.05) is 34.1 Å². The van der Waals surface area contributed by atoms with Crippen molar-refractivity contribution < 1.29 is 9.59 Å². The molecule has 5 heteroatoms. The quantitative estimate of drug-likeness (QED) is 0.903. The molecule has 2 amide bonds. The van der Waals surface area contributed by atoms with Gasteiger partial charge in [-0.2, -0.15) is 0 Å². The van der Waals surface area contributed by atoms with Gasteiger partial charge in [-0.05, 0) is 25.5 Å². The van der Waals surface area contributed by atoms with Gasteiger partial charge in [0.05, 0.1) is 6.54 Å². The van der Waals surface area contributed by atoms with E-state index >= 15 is 0 Å². The number of nitrogens with one attached hydrogen (secondary N) is 1. The molecule has 1 saturated heterocycles.